The first-order valence-electron chi connectivity index (χ1n) is 8.82. The predicted octanol–water partition coefficient (Wildman–Crippen LogP) is 3.21. The smallest absolute Gasteiger partial charge is 0.410 e. The summed E-state index contributed by atoms with van der Waals surface area (Å²) in [5.74, 6) is 1.30. The van der Waals surface area contributed by atoms with Crippen molar-refractivity contribution in [3.8, 4) is 0 Å². The van der Waals surface area contributed by atoms with Crippen LogP contribution in [0.2, 0.25) is 0 Å². The maximum atomic E-state index is 12.2. The van der Waals surface area contributed by atoms with Crippen LogP contribution in [0.5, 0.6) is 0 Å². The molecule has 1 aromatic rings. The highest BCUT2D eigenvalue weighted by molar-refractivity contribution is 5.68. The highest BCUT2D eigenvalue weighted by atomic mass is 16.6. The summed E-state index contributed by atoms with van der Waals surface area (Å²) in [6, 6.07) is 0.418. The Balaban J connectivity index is 1.89. The second-order valence-electron chi connectivity index (χ2n) is 7.39. The van der Waals surface area contributed by atoms with Crippen LogP contribution >= 0.6 is 0 Å². The summed E-state index contributed by atoms with van der Waals surface area (Å²) in [5, 5.41) is 7.65. The SMILES string of the molecule is CC[C@@H](N[C@H]1CCCN(C(=O)OC(C)(C)C)CC1)c1noc(C)n1. The Hall–Kier alpha value is -1.63. The minimum absolute atomic E-state index is 0.0838. The standard InChI is InChI=1S/C17H30N4O3/c1-6-14(15-18-12(2)24-20-15)19-13-8-7-10-21(11-9-13)16(22)23-17(3,4)5/h13-14,19H,6-11H2,1-5H3/t13-,14+/m0/s1. The predicted molar refractivity (Wildman–Crippen MR) is 90.6 cm³/mol. The molecule has 1 N–H and O–H groups in total. The monoisotopic (exact) mass is 338 g/mol. The molecule has 2 rings (SSSR count). The summed E-state index contributed by atoms with van der Waals surface area (Å²) in [5.41, 5.74) is -0.454. The molecule has 2 heterocycles. The highest BCUT2D eigenvalue weighted by Gasteiger charge is 2.27. The molecule has 7 nitrogen and oxygen atoms in total. The van der Waals surface area contributed by atoms with Crippen molar-refractivity contribution in [3.05, 3.63) is 11.7 Å². The Kier molecular flexibility index (Phi) is 6.21. The minimum Gasteiger partial charge on any atom is -0.444 e. The van der Waals surface area contributed by atoms with E-state index in [2.05, 4.69) is 22.4 Å². The third-order valence-corrected chi connectivity index (χ3v) is 4.08. The lowest BCUT2D eigenvalue weighted by molar-refractivity contribution is 0.0256. The fraction of sp³-hybridized carbons (Fsp3) is 0.824. The highest BCUT2D eigenvalue weighted by Crippen LogP contribution is 2.20. The maximum Gasteiger partial charge on any atom is 0.410 e. The molecule has 7 heteroatoms. The summed E-state index contributed by atoms with van der Waals surface area (Å²) in [6.07, 6.45) is 3.55. The number of aromatic nitrogens is 2. The number of hydrogen-bond acceptors (Lipinski definition) is 6. The Morgan fingerprint density at radius 1 is 1.42 bits per heavy atom. The second-order valence-corrected chi connectivity index (χ2v) is 7.39. The molecular formula is C17H30N4O3. The lowest BCUT2D eigenvalue weighted by Crippen LogP contribution is -2.38. The number of carbonyl (C=O) groups is 1. The molecule has 0 radical (unpaired) electrons. The van der Waals surface area contributed by atoms with Crippen LogP contribution in [0, 0.1) is 6.92 Å². The molecule has 0 spiro atoms. The molecule has 0 aromatic carbocycles. The first kappa shape index (κ1) is 18.7. The number of carbonyl (C=O) groups excluding carboxylic acids is 1. The Morgan fingerprint density at radius 2 is 2.17 bits per heavy atom. The minimum atomic E-state index is -0.454. The zero-order valence-electron chi connectivity index (χ0n) is 15.5. The van der Waals surface area contributed by atoms with Gasteiger partial charge in [-0.2, -0.15) is 4.98 Å². The molecule has 0 aliphatic carbocycles. The second kappa shape index (κ2) is 7.96. The molecule has 0 bridgehead atoms. The van der Waals surface area contributed by atoms with Gasteiger partial charge in [0.2, 0.25) is 5.89 Å². The number of likely N-dealkylation sites (tertiary alicyclic amines) is 1. The molecule has 24 heavy (non-hydrogen) atoms. The van der Waals surface area contributed by atoms with Gasteiger partial charge in [-0.05, 0) is 46.5 Å². The first-order valence-corrected chi connectivity index (χ1v) is 8.82. The summed E-state index contributed by atoms with van der Waals surface area (Å²) in [7, 11) is 0. The van der Waals surface area contributed by atoms with E-state index in [1.807, 2.05) is 25.7 Å². The van der Waals surface area contributed by atoms with Gasteiger partial charge in [-0.25, -0.2) is 4.79 Å². The first-order chi connectivity index (χ1) is 11.3. The van der Waals surface area contributed by atoms with E-state index in [1.54, 1.807) is 6.92 Å². The number of rotatable bonds is 4. The third-order valence-electron chi connectivity index (χ3n) is 4.08. The molecule has 1 amide bonds. The lowest BCUT2D eigenvalue weighted by Gasteiger charge is -2.26. The molecule has 1 aliphatic rings. The van der Waals surface area contributed by atoms with Crippen LogP contribution in [-0.2, 0) is 4.74 Å². The largest absolute Gasteiger partial charge is 0.444 e. The van der Waals surface area contributed by atoms with Crippen LogP contribution < -0.4 is 5.32 Å². The van der Waals surface area contributed by atoms with E-state index in [0.717, 1.165) is 32.2 Å². The van der Waals surface area contributed by atoms with Crippen molar-refractivity contribution in [1.29, 1.82) is 0 Å². The van der Waals surface area contributed by atoms with E-state index in [0.29, 0.717) is 24.3 Å². The van der Waals surface area contributed by atoms with E-state index in [4.69, 9.17) is 9.26 Å². The summed E-state index contributed by atoms with van der Waals surface area (Å²) in [6.45, 7) is 11.0. The van der Waals surface area contributed by atoms with Crippen LogP contribution in [-0.4, -0.2) is 45.9 Å². The van der Waals surface area contributed by atoms with Crippen LogP contribution in [0.25, 0.3) is 0 Å². The zero-order valence-corrected chi connectivity index (χ0v) is 15.5. The van der Waals surface area contributed by atoms with Gasteiger partial charge in [0, 0.05) is 26.1 Å². The van der Waals surface area contributed by atoms with Crippen LogP contribution in [0.4, 0.5) is 4.79 Å². The van der Waals surface area contributed by atoms with Crippen molar-refractivity contribution in [2.45, 2.75) is 78.0 Å². The van der Waals surface area contributed by atoms with E-state index in [-0.39, 0.29) is 12.1 Å². The topological polar surface area (TPSA) is 80.5 Å². The molecule has 1 fully saturated rings. The van der Waals surface area contributed by atoms with E-state index < -0.39 is 5.60 Å². The van der Waals surface area contributed by atoms with E-state index in [9.17, 15) is 4.79 Å². The average molecular weight is 338 g/mol. The Morgan fingerprint density at radius 3 is 2.75 bits per heavy atom. The number of amides is 1. The fourth-order valence-electron chi connectivity index (χ4n) is 2.89. The number of aryl methyl sites for hydroxylation is 1. The maximum absolute atomic E-state index is 12.2. The van der Waals surface area contributed by atoms with Crippen molar-refractivity contribution in [2.24, 2.45) is 0 Å². The molecule has 1 aromatic heterocycles. The van der Waals surface area contributed by atoms with Gasteiger partial charge >= 0.3 is 6.09 Å². The van der Waals surface area contributed by atoms with Gasteiger partial charge in [0.25, 0.3) is 0 Å². The van der Waals surface area contributed by atoms with Gasteiger partial charge in [0.15, 0.2) is 5.82 Å². The van der Waals surface area contributed by atoms with E-state index >= 15 is 0 Å². The van der Waals surface area contributed by atoms with Gasteiger partial charge in [0.1, 0.15) is 5.60 Å². The van der Waals surface area contributed by atoms with Gasteiger partial charge in [-0.15, -0.1) is 0 Å². The van der Waals surface area contributed by atoms with Gasteiger partial charge < -0.3 is 19.5 Å². The molecule has 1 saturated heterocycles. The van der Waals surface area contributed by atoms with Gasteiger partial charge in [0.05, 0.1) is 6.04 Å². The number of ether oxygens (including phenoxy) is 1. The lowest BCUT2D eigenvalue weighted by atomic mass is 10.1. The summed E-state index contributed by atoms with van der Waals surface area (Å²) >= 11 is 0. The quantitative estimate of drug-likeness (QED) is 0.908. The fourth-order valence-corrected chi connectivity index (χ4v) is 2.89. The van der Waals surface area contributed by atoms with Crippen LogP contribution in [0.15, 0.2) is 4.52 Å². The Bertz CT molecular complexity index is 538. The summed E-state index contributed by atoms with van der Waals surface area (Å²) in [4.78, 5) is 18.4. The van der Waals surface area contributed by atoms with Crippen molar-refractivity contribution < 1.29 is 14.1 Å². The molecule has 0 unspecified atom stereocenters. The molecule has 1 aliphatic heterocycles. The normalized spacial score (nSPS) is 20.5. The molecule has 136 valence electrons. The van der Waals surface area contributed by atoms with E-state index in [1.165, 1.54) is 0 Å². The number of nitrogens with one attached hydrogen (secondary N) is 1. The third kappa shape index (κ3) is 5.47. The number of nitrogens with zero attached hydrogens (tertiary/aromatic N) is 3. The van der Waals surface area contributed by atoms with Crippen LogP contribution in [0.3, 0.4) is 0 Å². The van der Waals surface area contributed by atoms with Gasteiger partial charge in [-0.3, -0.25) is 0 Å². The van der Waals surface area contributed by atoms with Crippen molar-refractivity contribution in [2.75, 3.05) is 13.1 Å². The van der Waals surface area contributed by atoms with Crippen molar-refractivity contribution in [1.82, 2.24) is 20.4 Å². The van der Waals surface area contributed by atoms with Crippen LogP contribution in [0.1, 0.15) is 71.1 Å². The van der Waals surface area contributed by atoms with Crippen molar-refractivity contribution >= 4 is 6.09 Å². The zero-order chi connectivity index (χ0) is 17.7. The summed E-state index contributed by atoms with van der Waals surface area (Å²) < 4.78 is 10.6. The molecule has 2 atom stereocenters. The van der Waals surface area contributed by atoms with Gasteiger partial charge in [-0.1, -0.05) is 12.1 Å². The molecular weight excluding hydrogens is 308 g/mol. The van der Waals surface area contributed by atoms with Crippen molar-refractivity contribution in [3.63, 3.8) is 0 Å². The average Bonchev–Trinajstić information content (AvgIpc) is 2.78. The molecule has 0 saturated carbocycles. The number of hydrogen-bond donors (Lipinski definition) is 1. The Labute approximate surface area is 144 Å².